The Labute approximate surface area is 106 Å². The second kappa shape index (κ2) is 4.43. The van der Waals surface area contributed by atoms with Gasteiger partial charge < -0.3 is 4.40 Å². The lowest BCUT2D eigenvalue weighted by molar-refractivity contribution is 0.288. The summed E-state index contributed by atoms with van der Waals surface area (Å²) in [4.78, 5) is 6.79. The number of nitrogens with zero attached hydrogens (tertiary/aromatic N) is 4. The molecule has 1 aliphatic rings. The number of rotatable bonds is 2. The van der Waals surface area contributed by atoms with Gasteiger partial charge in [-0.05, 0) is 45.0 Å². The molecule has 0 bridgehead atoms. The molecule has 2 aromatic heterocycles. The first-order valence-corrected chi connectivity index (χ1v) is 6.38. The van der Waals surface area contributed by atoms with Crippen LogP contribution >= 0.6 is 0 Å². The van der Waals surface area contributed by atoms with E-state index in [0.717, 1.165) is 30.1 Å². The molecule has 0 aromatic carbocycles. The fourth-order valence-electron chi connectivity index (χ4n) is 2.78. The van der Waals surface area contributed by atoms with Gasteiger partial charge in [0.1, 0.15) is 11.7 Å². The molecule has 0 amide bonds. The molecule has 1 aliphatic heterocycles. The Kier molecular flexibility index (Phi) is 2.77. The summed E-state index contributed by atoms with van der Waals surface area (Å²) in [6, 6.07) is 8.21. The van der Waals surface area contributed by atoms with Crippen molar-refractivity contribution in [3.63, 3.8) is 0 Å². The average molecular weight is 240 g/mol. The van der Waals surface area contributed by atoms with Gasteiger partial charge in [-0.3, -0.25) is 4.90 Å². The van der Waals surface area contributed by atoms with E-state index in [2.05, 4.69) is 16.0 Å². The lowest BCUT2D eigenvalue weighted by Gasteiger charge is -2.21. The van der Waals surface area contributed by atoms with E-state index in [1.165, 1.54) is 12.8 Å². The molecule has 0 N–H and O–H groups in total. The first-order valence-electron chi connectivity index (χ1n) is 6.38. The summed E-state index contributed by atoms with van der Waals surface area (Å²) in [6.45, 7) is 4.01. The highest BCUT2D eigenvalue weighted by Crippen LogP contribution is 2.27. The topological polar surface area (TPSA) is 44.3 Å². The van der Waals surface area contributed by atoms with Crippen LogP contribution in [0.3, 0.4) is 0 Å². The minimum Gasteiger partial charge on any atom is -0.301 e. The number of hydrogen-bond donors (Lipinski definition) is 0. The highest BCUT2D eigenvalue weighted by molar-refractivity contribution is 5.44. The fraction of sp³-hybridized carbons (Fsp3) is 0.429. The molecule has 1 fully saturated rings. The maximum Gasteiger partial charge on any atom is 0.141 e. The van der Waals surface area contributed by atoms with Crippen LogP contribution in [0.4, 0.5) is 0 Å². The van der Waals surface area contributed by atoms with Crippen molar-refractivity contribution in [2.45, 2.75) is 25.8 Å². The van der Waals surface area contributed by atoms with Crippen molar-refractivity contribution in [2.75, 3.05) is 13.1 Å². The molecular formula is C14H16N4. The smallest absolute Gasteiger partial charge is 0.141 e. The Morgan fingerprint density at radius 2 is 2.11 bits per heavy atom. The minimum absolute atomic E-state index is 0.176. The predicted octanol–water partition coefficient (Wildman–Crippen LogP) is 2.30. The number of fused-ring (bicyclic) bond motifs is 1. The molecule has 18 heavy (non-hydrogen) atoms. The maximum atomic E-state index is 9.51. The fourth-order valence-corrected chi connectivity index (χ4v) is 2.78. The van der Waals surface area contributed by atoms with Gasteiger partial charge in [-0.2, -0.15) is 5.26 Å². The van der Waals surface area contributed by atoms with E-state index in [1.807, 2.05) is 35.7 Å². The third-order valence-corrected chi connectivity index (χ3v) is 3.64. The van der Waals surface area contributed by atoms with Crippen LogP contribution in [0, 0.1) is 18.3 Å². The molecule has 3 rings (SSSR count). The van der Waals surface area contributed by atoms with Crippen molar-refractivity contribution in [2.24, 2.45) is 0 Å². The van der Waals surface area contributed by atoms with Crippen molar-refractivity contribution in [3.8, 4) is 6.07 Å². The van der Waals surface area contributed by atoms with E-state index in [-0.39, 0.29) is 6.04 Å². The molecular weight excluding hydrogens is 224 g/mol. The van der Waals surface area contributed by atoms with Gasteiger partial charge in [0.15, 0.2) is 0 Å². The molecule has 1 saturated heterocycles. The number of pyridine rings is 1. The van der Waals surface area contributed by atoms with Crippen LogP contribution in [0.2, 0.25) is 0 Å². The molecule has 2 aromatic rings. The molecule has 0 saturated carbocycles. The summed E-state index contributed by atoms with van der Waals surface area (Å²) in [5, 5.41) is 9.51. The van der Waals surface area contributed by atoms with Crippen LogP contribution in [-0.4, -0.2) is 27.4 Å². The van der Waals surface area contributed by atoms with Gasteiger partial charge in [0, 0.05) is 6.20 Å². The van der Waals surface area contributed by atoms with Gasteiger partial charge in [0.05, 0.1) is 17.5 Å². The van der Waals surface area contributed by atoms with Gasteiger partial charge in [0.25, 0.3) is 0 Å². The van der Waals surface area contributed by atoms with Crippen molar-refractivity contribution in [3.05, 3.63) is 35.8 Å². The maximum absolute atomic E-state index is 9.51. The Morgan fingerprint density at radius 3 is 2.83 bits per heavy atom. The Morgan fingerprint density at radius 1 is 1.33 bits per heavy atom. The van der Waals surface area contributed by atoms with Gasteiger partial charge in [-0.25, -0.2) is 4.98 Å². The normalized spacial score (nSPS) is 18.0. The van der Waals surface area contributed by atoms with Gasteiger partial charge in [-0.1, -0.05) is 6.07 Å². The van der Waals surface area contributed by atoms with Crippen LogP contribution in [0.1, 0.15) is 30.3 Å². The van der Waals surface area contributed by atoms with E-state index in [4.69, 9.17) is 0 Å². The van der Waals surface area contributed by atoms with Gasteiger partial charge in [-0.15, -0.1) is 0 Å². The first kappa shape index (κ1) is 11.2. The number of nitriles is 1. The van der Waals surface area contributed by atoms with Crippen molar-refractivity contribution in [1.29, 1.82) is 5.26 Å². The zero-order chi connectivity index (χ0) is 12.5. The molecule has 0 radical (unpaired) electrons. The zero-order valence-electron chi connectivity index (χ0n) is 10.5. The second-order valence-corrected chi connectivity index (χ2v) is 4.79. The Bertz CT molecular complexity index is 602. The van der Waals surface area contributed by atoms with E-state index in [0.29, 0.717) is 0 Å². The SMILES string of the molecule is Cc1nc2ccccn2c1C(C#N)N1CCCC1. The lowest BCUT2D eigenvalue weighted by Crippen LogP contribution is -2.26. The van der Waals surface area contributed by atoms with E-state index < -0.39 is 0 Å². The largest absolute Gasteiger partial charge is 0.301 e. The average Bonchev–Trinajstić information content (AvgIpc) is 2.99. The summed E-state index contributed by atoms with van der Waals surface area (Å²) in [6.07, 6.45) is 4.37. The molecule has 4 heteroatoms. The van der Waals surface area contributed by atoms with Crippen LogP contribution < -0.4 is 0 Å². The summed E-state index contributed by atoms with van der Waals surface area (Å²) in [5.74, 6) is 0. The predicted molar refractivity (Wildman–Crippen MR) is 69.1 cm³/mol. The molecule has 3 heterocycles. The van der Waals surface area contributed by atoms with E-state index >= 15 is 0 Å². The van der Waals surface area contributed by atoms with Crippen LogP contribution in [0.15, 0.2) is 24.4 Å². The monoisotopic (exact) mass is 240 g/mol. The number of imidazole rings is 1. The summed E-state index contributed by atoms with van der Waals surface area (Å²) in [7, 11) is 0. The molecule has 0 spiro atoms. The van der Waals surface area contributed by atoms with Crippen LogP contribution in [0.5, 0.6) is 0 Å². The molecule has 4 nitrogen and oxygen atoms in total. The van der Waals surface area contributed by atoms with Crippen LogP contribution in [0.25, 0.3) is 5.65 Å². The Hall–Kier alpha value is -1.86. The van der Waals surface area contributed by atoms with Crippen molar-refractivity contribution in [1.82, 2.24) is 14.3 Å². The Balaban J connectivity index is 2.11. The highest BCUT2D eigenvalue weighted by Gasteiger charge is 2.27. The number of aromatic nitrogens is 2. The lowest BCUT2D eigenvalue weighted by atomic mass is 10.1. The number of hydrogen-bond acceptors (Lipinski definition) is 3. The third kappa shape index (κ3) is 1.68. The second-order valence-electron chi connectivity index (χ2n) is 4.79. The van der Waals surface area contributed by atoms with Crippen molar-refractivity contribution < 1.29 is 0 Å². The van der Waals surface area contributed by atoms with Gasteiger partial charge in [0.2, 0.25) is 0 Å². The van der Waals surface area contributed by atoms with E-state index in [1.54, 1.807) is 0 Å². The summed E-state index contributed by atoms with van der Waals surface area (Å²) in [5.41, 5.74) is 2.90. The molecule has 92 valence electrons. The standard InChI is InChI=1S/C14H16N4/c1-11-14(12(10-15)17-7-4-5-8-17)18-9-3-2-6-13(18)16-11/h2-3,6,9,12H,4-5,7-8H2,1H3. The zero-order valence-corrected chi connectivity index (χ0v) is 10.5. The van der Waals surface area contributed by atoms with Crippen molar-refractivity contribution >= 4 is 5.65 Å². The summed E-state index contributed by atoms with van der Waals surface area (Å²) >= 11 is 0. The highest BCUT2D eigenvalue weighted by atomic mass is 15.2. The van der Waals surface area contributed by atoms with Gasteiger partial charge >= 0.3 is 0 Å². The third-order valence-electron chi connectivity index (χ3n) is 3.64. The quantitative estimate of drug-likeness (QED) is 0.809. The summed E-state index contributed by atoms with van der Waals surface area (Å²) < 4.78 is 2.04. The molecule has 1 atom stereocenters. The molecule has 1 unspecified atom stereocenters. The molecule has 0 aliphatic carbocycles. The van der Waals surface area contributed by atoms with E-state index in [9.17, 15) is 5.26 Å². The number of likely N-dealkylation sites (tertiary alicyclic amines) is 1. The minimum atomic E-state index is -0.176. The first-order chi connectivity index (χ1) is 8.81. The number of aryl methyl sites for hydroxylation is 1. The van der Waals surface area contributed by atoms with Crippen LogP contribution in [-0.2, 0) is 0 Å².